The van der Waals surface area contributed by atoms with E-state index in [1.165, 1.54) is 6.20 Å². The third-order valence-corrected chi connectivity index (χ3v) is 4.83. The van der Waals surface area contributed by atoms with Crippen molar-refractivity contribution in [3.63, 3.8) is 0 Å². The van der Waals surface area contributed by atoms with E-state index < -0.39 is 5.60 Å². The lowest BCUT2D eigenvalue weighted by Gasteiger charge is -2.36. The van der Waals surface area contributed by atoms with Crippen LogP contribution in [0.1, 0.15) is 49.9 Å². The number of carbonyl (C=O) groups excluding carboxylic acids is 1. The van der Waals surface area contributed by atoms with Crippen molar-refractivity contribution < 1.29 is 9.90 Å². The zero-order valence-corrected chi connectivity index (χ0v) is 14.0. The average Bonchev–Trinajstić information content (AvgIpc) is 2.41. The van der Waals surface area contributed by atoms with Gasteiger partial charge >= 0.3 is 0 Å². The highest BCUT2D eigenvalue weighted by Gasteiger charge is 2.31. The van der Waals surface area contributed by atoms with E-state index in [0.717, 1.165) is 25.7 Å². The molecule has 6 heteroatoms. The maximum Gasteiger partial charge on any atom is 0.253 e. The SMILES string of the molecule is CC(C)(O)[C@H]1CC[C@H](NC(=O)c2cnc(N)c(Br)c2)CC1. The number of rotatable bonds is 3. The van der Waals surface area contributed by atoms with Crippen molar-refractivity contribution in [2.24, 2.45) is 5.92 Å². The van der Waals surface area contributed by atoms with Gasteiger partial charge in [-0.25, -0.2) is 4.98 Å². The minimum absolute atomic E-state index is 0.130. The topological polar surface area (TPSA) is 88.2 Å². The van der Waals surface area contributed by atoms with Crippen LogP contribution in [-0.2, 0) is 0 Å². The van der Waals surface area contributed by atoms with Crippen molar-refractivity contribution in [1.82, 2.24) is 10.3 Å². The van der Waals surface area contributed by atoms with E-state index in [0.29, 0.717) is 21.8 Å². The normalized spacial score (nSPS) is 22.9. The highest BCUT2D eigenvalue weighted by atomic mass is 79.9. The second-order valence-corrected chi connectivity index (χ2v) is 7.12. The average molecular weight is 356 g/mol. The fourth-order valence-electron chi connectivity index (χ4n) is 2.79. The van der Waals surface area contributed by atoms with Crippen molar-refractivity contribution in [3.05, 3.63) is 22.3 Å². The predicted molar refractivity (Wildman–Crippen MR) is 85.9 cm³/mol. The van der Waals surface area contributed by atoms with Crippen molar-refractivity contribution in [2.45, 2.75) is 51.2 Å². The van der Waals surface area contributed by atoms with Gasteiger partial charge in [-0.3, -0.25) is 4.79 Å². The summed E-state index contributed by atoms with van der Waals surface area (Å²) in [5, 5.41) is 13.1. The van der Waals surface area contributed by atoms with Crippen LogP contribution in [0.4, 0.5) is 5.82 Å². The Balaban J connectivity index is 1.91. The number of nitrogens with two attached hydrogens (primary N) is 1. The molecule has 1 fully saturated rings. The number of anilines is 1. The Labute approximate surface area is 133 Å². The summed E-state index contributed by atoms with van der Waals surface area (Å²) in [7, 11) is 0. The van der Waals surface area contributed by atoms with E-state index in [1.54, 1.807) is 6.07 Å². The molecule has 1 heterocycles. The van der Waals surface area contributed by atoms with Crippen molar-refractivity contribution >= 4 is 27.7 Å². The van der Waals surface area contributed by atoms with E-state index in [-0.39, 0.29) is 11.9 Å². The maximum absolute atomic E-state index is 12.2. The number of aliphatic hydroxyl groups is 1. The Morgan fingerprint density at radius 1 is 1.43 bits per heavy atom. The van der Waals surface area contributed by atoms with Gasteiger partial charge in [-0.05, 0) is 67.4 Å². The van der Waals surface area contributed by atoms with E-state index in [1.807, 2.05) is 13.8 Å². The molecule has 4 N–H and O–H groups in total. The number of pyridine rings is 1. The second kappa shape index (κ2) is 6.32. The van der Waals surface area contributed by atoms with E-state index in [4.69, 9.17) is 5.73 Å². The molecule has 0 aromatic carbocycles. The van der Waals surface area contributed by atoms with Crippen LogP contribution < -0.4 is 11.1 Å². The molecular formula is C15H22BrN3O2. The summed E-state index contributed by atoms with van der Waals surface area (Å²) in [6.07, 6.45) is 5.13. The van der Waals surface area contributed by atoms with Gasteiger partial charge in [0.25, 0.3) is 5.91 Å². The molecule has 0 radical (unpaired) electrons. The summed E-state index contributed by atoms with van der Waals surface area (Å²) in [6.45, 7) is 3.71. The molecule has 21 heavy (non-hydrogen) atoms. The van der Waals surface area contributed by atoms with Crippen LogP contribution in [0, 0.1) is 5.92 Å². The molecular weight excluding hydrogens is 334 g/mol. The number of nitrogens with zero attached hydrogens (tertiary/aromatic N) is 1. The second-order valence-electron chi connectivity index (χ2n) is 6.27. The van der Waals surface area contributed by atoms with Gasteiger partial charge in [0, 0.05) is 12.2 Å². The number of halogens is 1. The molecule has 1 saturated carbocycles. The van der Waals surface area contributed by atoms with Gasteiger partial charge < -0.3 is 16.2 Å². The molecule has 1 aliphatic carbocycles. The molecule has 0 unspecified atom stereocenters. The summed E-state index contributed by atoms with van der Waals surface area (Å²) < 4.78 is 0.626. The zero-order valence-electron chi connectivity index (χ0n) is 12.4. The standard InChI is InChI=1S/C15H22BrN3O2/c1-15(2,21)10-3-5-11(6-4-10)19-14(20)9-7-12(16)13(17)18-8-9/h7-8,10-11,21H,3-6H2,1-2H3,(H2,17,18)(H,19,20)/t10-,11-. The van der Waals surface area contributed by atoms with E-state index in [9.17, 15) is 9.90 Å². The lowest BCUT2D eigenvalue weighted by atomic mass is 9.77. The van der Waals surface area contributed by atoms with Crippen LogP contribution in [-0.4, -0.2) is 27.6 Å². The van der Waals surface area contributed by atoms with E-state index >= 15 is 0 Å². The number of aromatic nitrogens is 1. The van der Waals surface area contributed by atoms with Crippen LogP contribution in [0.5, 0.6) is 0 Å². The number of hydrogen-bond donors (Lipinski definition) is 3. The molecule has 1 aliphatic rings. The molecule has 0 saturated heterocycles. The van der Waals surface area contributed by atoms with Crippen LogP contribution >= 0.6 is 15.9 Å². The summed E-state index contributed by atoms with van der Waals surface area (Å²) >= 11 is 3.27. The predicted octanol–water partition coefficient (Wildman–Crippen LogP) is 2.49. The zero-order chi connectivity index (χ0) is 15.6. The molecule has 0 spiro atoms. The number of nitrogen functional groups attached to an aromatic ring is 1. The summed E-state index contributed by atoms with van der Waals surface area (Å²) in [5.74, 6) is 0.546. The van der Waals surface area contributed by atoms with Gasteiger partial charge in [0.1, 0.15) is 5.82 Å². The Kier molecular flexibility index (Phi) is 4.88. The van der Waals surface area contributed by atoms with Crippen molar-refractivity contribution in [3.8, 4) is 0 Å². The lowest BCUT2D eigenvalue weighted by Crippen LogP contribution is -2.41. The van der Waals surface area contributed by atoms with Crippen LogP contribution in [0.15, 0.2) is 16.7 Å². The summed E-state index contributed by atoms with van der Waals surface area (Å²) in [5.41, 5.74) is 5.48. The molecule has 1 amide bonds. The minimum Gasteiger partial charge on any atom is -0.390 e. The Morgan fingerprint density at radius 2 is 2.05 bits per heavy atom. The molecule has 5 nitrogen and oxygen atoms in total. The fourth-order valence-corrected chi connectivity index (χ4v) is 3.13. The maximum atomic E-state index is 12.2. The fraction of sp³-hybridized carbons (Fsp3) is 0.600. The van der Waals surface area contributed by atoms with E-state index in [2.05, 4.69) is 26.2 Å². The minimum atomic E-state index is -0.638. The Hall–Kier alpha value is -1.14. The Bertz CT molecular complexity index is 520. The van der Waals surface area contributed by atoms with Crippen LogP contribution in [0.3, 0.4) is 0 Å². The molecule has 0 atom stereocenters. The van der Waals surface area contributed by atoms with Crippen molar-refractivity contribution in [2.75, 3.05) is 5.73 Å². The highest BCUT2D eigenvalue weighted by molar-refractivity contribution is 9.10. The first-order chi connectivity index (χ1) is 9.77. The lowest BCUT2D eigenvalue weighted by molar-refractivity contribution is -0.00257. The third kappa shape index (κ3) is 4.17. The number of hydrogen-bond acceptors (Lipinski definition) is 4. The molecule has 0 bridgehead atoms. The molecule has 116 valence electrons. The number of amides is 1. The van der Waals surface area contributed by atoms with Gasteiger partial charge in [0.2, 0.25) is 0 Å². The first-order valence-electron chi connectivity index (χ1n) is 7.21. The molecule has 1 aromatic heterocycles. The van der Waals surface area contributed by atoms with Gasteiger partial charge in [-0.15, -0.1) is 0 Å². The van der Waals surface area contributed by atoms with Gasteiger partial charge in [0.15, 0.2) is 0 Å². The largest absolute Gasteiger partial charge is 0.390 e. The molecule has 2 rings (SSSR count). The van der Waals surface area contributed by atoms with Gasteiger partial charge in [-0.1, -0.05) is 0 Å². The van der Waals surface area contributed by atoms with Crippen LogP contribution in [0.2, 0.25) is 0 Å². The van der Waals surface area contributed by atoms with Crippen molar-refractivity contribution in [1.29, 1.82) is 0 Å². The number of carbonyl (C=O) groups is 1. The third-order valence-electron chi connectivity index (χ3n) is 4.19. The molecule has 0 aliphatic heterocycles. The van der Waals surface area contributed by atoms with Crippen LogP contribution in [0.25, 0.3) is 0 Å². The number of nitrogens with one attached hydrogen (secondary N) is 1. The van der Waals surface area contributed by atoms with Gasteiger partial charge in [0.05, 0.1) is 15.6 Å². The Morgan fingerprint density at radius 3 is 2.57 bits per heavy atom. The monoisotopic (exact) mass is 355 g/mol. The summed E-state index contributed by atoms with van der Waals surface area (Å²) in [4.78, 5) is 16.2. The quantitative estimate of drug-likeness (QED) is 0.776. The molecule has 1 aromatic rings. The first-order valence-corrected chi connectivity index (χ1v) is 8.01. The first kappa shape index (κ1) is 16.2. The summed E-state index contributed by atoms with van der Waals surface area (Å²) in [6, 6.07) is 1.84. The van der Waals surface area contributed by atoms with Gasteiger partial charge in [-0.2, -0.15) is 0 Å². The smallest absolute Gasteiger partial charge is 0.253 e. The highest BCUT2D eigenvalue weighted by Crippen LogP contribution is 2.32.